The summed E-state index contributed by atoms with van der Waals surface area (Å²) in [6.07, 6.45) is 10.00. The lowest BCUT2D eigenvalue weighted by atomic mass is 9.84. The Balaban J connectivity index is 2.12. The smallest absolute Gasteiger partial charge is 0.220 e. The molecule has 1 aliphatic rings. The number of carbonyl (C=O) groups is 1. The molecule has 1 saturated carbocycles. The van der Waals surface area contributed by atoms with Crippen LogP contribution in [0.25, 0.3) is 0 Å². The second kappa shape index (κ2) is 8.51. The average molecular weight is 240 g/mol. The van der Waals surface area contributed by atoms with E-state index in [2.05, 4.69) is 12.2 Å². The summed E-state index contributed by atoms with van der Waals surface area (Å²) in [5.74, 6) is 1.06. The first-order valence-electron chi connectivity index (χ1n) is 7.25. The Morgan fingerprint density at radius 3 is 2.82 bits per heavy atom. The molecule has 1 amide bonds. The Labute approximate surface area is 106 Å². The molecule has 0 radical (unpaired) electrons. The summed E-state index contributed by atoms with van der Waals surface area (Å²) in [6, 6.07) is 0.440. The quantitative estimate of drug-likeness (QED) is 0.672. The number of unbranched alkanes of at least 4 members (excludes halogenated alkanes) is 2. The number of nitrogens with one attached hydrogen (secondary N) is 1. The van der Waals surface area contributed by atoms with Crippen molar-refractivity contribution in [2.24, 2.45) is 11.7 Å². The first kappa shape index (κ1) is 14.5. The van der Waals surface area contributed by atoms with Crippen molar-refractivity contribution >= 4 is 5.91 Å². The van der Waals surface area contributed by atoms with E-state index in [0.29, 0.717) is 12.5 Å². The van der Waals surface area contributed by atoms with Crippen molar-refractivity contribution in [3.8, 4) is 0 Å². The molecule has 0 aromatic rings. The predicted octanol–water partition coefficient (Wildman–Crippen LogP) is 2.59. The van der Waals surface area contributed by atoms with Crippen LogP contribution >= 0.6 is 0 Å². The van der Waals surface area contributed by atoms with Gasteiger partial charge in [0, 0.05) is 12.5 Å². The van der Waals surface area contributed by atoms with E-state index in [0.717, 1.165) is 31.7 Å². The lowest BCUT2D eigenvalue weighted by Crippen LogP contribution is -2.38. The minimum absolute atomic E-state index is 0.240. The van der Waals surface area contributed by atoms with Gasteiger partial charge in [0.2, 0.25) is 5.91 Å². The van der Waals surface area contributed by atoms with Crippen LogP contribution in [0.5, 0.6) is 0 Å². The summed E-state index contributed by atoms with van der Waals surface area (Å²) in [6.45, 7) is 2.99. The predicted molar refractivity (Wildman–Crippen MR) is 71.7 cm³/mol. The summed E-state index contributed by atoms with van der Waals surface area (Å²) in [7, 11) is 0. The van der Waals surface area contributed by atoms with Gasteiger partial charge in [-0.3, -0.25) is 4.79 Å². The van der Waals surface area contributed by atoms with Crippen molar-refractivity contribution in [1.82, 2.24) is 5.32 Å². The van der Waals surface area contributed by atoms with Crippen molar-refractivity contribution in [3.63, 3.8) is 0 Å². The Hall–Kier alpha value is -0.570. The van der Waals surface area contributed by atoms with Crippen LogP contribution in [-0.2, 0) is 4.79 Å². The minimum atomic E-state index is 0.240. The highest BCUT2D eigenvalue weighted by Gasteiger charge is 2.21. The largest absolute Gasteiger partial charge is 0.353 e. The van der Waals surface area contributed by atoms with Crippen molar-refractivity contribution in [2.75, 3.05) is 6.54 Å². The van der Waals surface area contributed by atoms with E-state index in [-0.39, 0.29) is 5.91 Å². The summed E-state index contributed by atoms with van der Waals surface area (Å²) in [5.41, 5.74) is 5.42. The third kappa shape index (κ3) is 6.06. The zero-order valence-electron chi connectivity index (χ0n) is 11.2. The Morgan fingerprint density at radius 1 is 1.29 bits per heavy atom. The lowest BCUT2D eigenvalue weighted by molar-refractivity contribution is -0.122. The van der Waals surface area contributed by atoms with Gasteiger partial charge in [0.05, 0.1) is 0 Å². The van der Waals surface area contributed by atoms with E-state index < -0.39 is 0 Å². The maximum Gasteiger partial charge on any atom is 0.220 e. The number of nitrogens with two attached hydrogens (primary N) is 1. The second-order valence-corrected chi connectivity index (χ2v) is 5.30. The van der Waals surface area contributed by atoms with Gasteiger partial charge < -0.3 is 11.1 Å². The van der Waals surface area contributed by atoms with Gasteiger partial charge in [-0.1, -0.05) is 32.6 Å². The Kier molecular flexibility index (Phi) is 7.25. The first-order chi connectivity index (χ1) is 8.26. The molecule has 1 aliphatic carbocycles. The zero-order chi connectivity index (χ0) is 12.5. The van der Waals surface area contributed by atoms with Gasteiger partial charge in [-0.15, -0.1) is 0 Å². The number of carbonyl (C=O) groups excluding carboxylic acids is 1. The standard InChI is InChI=1S/C14H28N2O/c1-2-12-7-6-8-13(11-12)16-14(17)9-4-3-5-10-15/h12-13H,2-11,15H2,1H3,(H,16,17). The molecule has 0 aliphatic heterocycles. The van der Waals surface area contributed by atoms with Gasteiger partial charge in [0.1, 0.15) is 0 Å². The zero-order valence-corrected chi connectivity index (χ0v) is 11.2. The molecule has 0 saturated heterocycles. The van der Waals surface area contributed by atoms with Crippen molar-refractivity contribution in [2.45, 2.75) is 70.8 Å². The SMILES string of the molecule is CCC1CCCC(NC(=O)CCCCCN)C1. The van der Waals surface area contributed by atoms with E-state index in [1.54, 1.807) is 0 Å². The molecule has 0 aromatic heterocycles. The molecule has 1 fully saturated rings. The van der Waals surface area contributed by atoms with E-state index in [9.17, 15) is 4.79 Å². The number of amides is 1. The van der Waals surface area contributed by atoms with Crippen LogP contribution in [0.2, 0.25) is 0 Å². The van der Waals surface area contributed by atoms with E-state index in [4.69, 9.17) is 5.73 Å². The van der Waals surface area contributed by atoms with Crippen LogP contribution in [0, 0.1) is 5.92 Å². The van der Waals surface area contributed by atoms with Crippen LogP contribution in [0.1, 0.15) is 64.7 Å². The fraction of sp³-hybridized carbons (Fsp3) is 0.929. The summed E-state index contributed by atoms with van der Waals surface area (Å²) >= 11 is 0. The maximum absolute atomic E-state index is 11.7. The lowest BCUT2D eigenvalue weighted by Gasteiger charge is -2.29. The number of hydrogen-bond donors (Lipinski definition) is 2. The molecule has 3 heteroatoms. The number of hydrogen-bond acceptors (Lipinski definition) is 2. The highest BCUT2D eigenvalue weighted by atomic mass is 16.1. The molecule has 17 heavy (non-hydrogen) atoms. The van der Waals surface area contributed by atoms with Gasteiger partial charge >= 0.3 is 0 Å². The third-order valence-electron chi connectivity index (χ3n) is 3.83. The van der Waals surface area contributed by atoms with Gasteiger partial charge in [0.15, 0.2) is 0 Å². The van der Waals surface area contributed by atoms with Gasteiger partial charge in [-0.25, -0.2) is 0 Å². The van der Waals surface area contributed by atoms with Crippen molar-refractivity contribution < 1.29 is 4.79 Å². The van der Waals surface area contributed by atoms with Crippen molar-refractivity contribution in [3.05, 3.63) is 0 Å². The van der Waals surface area contributed by atoms with Crippen LogP contribution in [0.3, 0.4) is 0 Å². The molecule has 2 atom stereocenters. The molecule has 3 nitrogen and oxygen atoms in total. The Morgan fingerprint density at radius 2 is 2.12 bits per heavy atom. The normalized spacial score (nSPS) is 24.6. The van der Waals surface area contributed by atoms with Crippen LogP contribution in [0.15, 0.2) is 0 Å². The molecule has 0 bridgehead atoms. The van der Waals surface area contributed by atoms with E-state index >= 15 is 0 Å². The average Bonchev–Trinajstić information content (AvgIpc) is 2.35. The molecule has 100 valence electrons. The summed E-state index contributed by atoms with van der Waals surface area (Å²) in [4.78, 5) is 11.7. The fourth-order valence-electron chi connectivity index (χ4n) is 2.70. The second-order valence-electron chi connectivity index (χ2n) is 5.30. The van der Waals surface area contributed by atoms with Crippen LogP contribution in [-0.4, -0.2) is 18.5 Å². The highest BCUT2D eigenvalue weighted by molar-refractivity contribution is 5.76. The topological polar surface area (TPSA) is 55.1 Å². The molecule has 3 N–H and O–H groups in total. The molecular weight excluding hydrogens is 212 g/mol. The molecule has 1 rings (SSSR count). The van der Waals surface area contributed by atoms with E-state index in [1.165, 1.54) is 32.1 Å². The third-order valence-corrected chi connectivity index (χ3v) is 3.83. The summed E-state index contributed by atoms with van der Waals surface area (Å²) < 4.78 is 0. The van der Waals surface area contributed by atoms with Crippen LogP contribution < -0.4 is 11.1 Å². The monoisotopic (exact) mass is 240 g/mol. The van der Waals surface area contributed by atoms with Gasteiger partial charge in [0.25, 0.3) is 0 Å². The fourth-order valence-corrected chi connectivity index (χ4v) is 2.70. The van der Waals surface area contributed by atoms with Gasteiger partial charge in [-0.2, -0.15) is 0 Å². The number of rotatable bonds is 7. The molecule has 0 heterocycles. The maximum atomic E-state index is 11.7. The van der Waals surface area contributed by atoms with Crippen LogP contribution in [0.4, 0.5) is 0 Å². The molecule has 0 aromatic carbocycles. The molecular formula is C14H28N2O. The first-order valence-corrected chi connectivity index (χ1v) is 7.25. The highest BCUT2D eigenvalue weighted by Crippen LogP contribution is 2.26. The van der Waals surface area contributed by atoms with E-state index in [1.807, 2.05) is 0 Å². The summed E-state index contributed by atoms with van der Waals surface area (Å²) in [5, 5.41) is 3.19. The Bertz CT molecular complexity index is 218. The molecule has 0 spiro atoms. The minimum Gasteiger partial charge on any atom is -0.353 e. The van der Waals surface area contributed by atoms with Crippen molar-refractivity contribution in [1.29, 1.82) is 0 Å². The molecule has 2 unspecified atom stereocenters. The van der Waals surface area contributed by atoms with Gasteiger partial charge in [-0.05, 0) is 38.1 Å².